The lowest BCUT2D eigenvalue weighted by Gasteiger charge is -2.27. The van der Waals surface area contributed by atoms with Gasteiger partial charge in [-0.15, -0.1) is 24.8 Å². The van der Waals surface area contributed by atoms with Gasteiger partial charge in [-0.25, -0.2) is 4.98 Å². The van der Waals surface area contributed by atoms with E-state index in [1.165, 1.54) is 0 Å². The Morgan fingerprint density at radius 1 is 1.12 bits per heavy atom. The Morgan fingerprint density at radius 3 is 2.48 bits per heavy atom. The van der Waals surface area contributed by atoms with Crippen molar-refractivity contribution in [1.29, 1.82) is 0 Å². The summed E-state index contributed by atoms with van der Waals surface area (Å²) in [5.41, 5.74) is 7.50. The molecule has 0 atom stereocenters. The number of pyridine rings is 2. The van der Waals surface area contributed by atoms with Crippen molar-refractivity contribution in [2.24, 2.45) is 0 Å². The Balaban J connectivity index is 0.00000156. The summed E-state index contributed by atoms with van der Waals surface area (Å²) in [4.78, 5) is 22.7. The average Bonchev–Trinajstić information content (AvgIpc) is 2.58. The first kappa shape index (κ1) is 21.0. The number of hydrogen-bond acceptors (Lipinski definition) is 6. The highest BCUT2D eigenvalue weighted by molar-refractivity contribution is 5.92. The lowest BCUT2D eigenvalue weighted by molar-refractivity contribution is -0.115. The molecule has 2 aromatic rings. The van der Waals surface area contributed by atoms with Crippen molar-refractivity contribution in [1.82, 2.24) is 9.97 Å². The number of nitrogen functional groups attached to an aromatic ring is 1. The van der Waals surface area contributed by atoms with Crippen LogP contribution in [-0.4, -0.2) is 42.2 Å². The maximum absolute atomic E-state index is 12.0. The van der Waals surface area contributed by atoms with E-state index in [1.54, 1.807) is 24.5 Å². The smallest absolute Gasteiger partial charge is 0.230 e. The van der Waals surface area contributed by atoms with Crippen molar-refractivity contribution in [2.75, 3.05) is 42.3 Å². The van der Waals surface area contributed by atoms with Gasteiger partial charge in [0.1, 0.15) is 5.82 Å². The minimum Gasteiger partial charge on any atom is -0.397 e. The van der Waals surface area contributed by atoms with Crippen LogP contribution in [0.3, 0.4) is 0 Å². The molecule has 0 spiro atoms. The zero-order valence-corrected chi connectivity index (χ0v) is 15.2. The second-order valence-electron chi connectivity index (χ2n) is 5.31. The first-order valence-corrected chi connectivity index (χ1v) is 7.50. The second kappa shape index (κ2) is 10.0. The molecule has 2 aromatic heterocycles. The predicted octanol–water partition coefficient (Wildman–Crippen LogP) is 1.92. The molecule has 1 aliphatic heterocycles. The summed E-state index contributed by atoms with van der Waals surface area (Å²) in [6.45, 7) is 3.10. The fourth-order valence-electron chi connectivity index (χ4n) is 2.35. The number of nitrogens with zero attached hydrogens (tertiary/aromatic N) is 3. The quantitative estimate of drug-likeness (QED) is 0.834. The van der Waals surface area contributed by atoms with Gasteiger partial charge in [0.05, 0.1) is 43.4 Å². The molecule has 1 amide bonds. The van der Waals surface area contributed by atoms with Crippen molar-refractivity contribution < 1.29 is 9.53 Å². The van der Waals surface area contributed by atoms with Crippen molar-refractivity contribution >= 4 is 47.9 Å². The molecule has 136 valence electrons. The molecule has 25 heavy (non-hydrogen) atoms. The van der Waals surface area contributed by atoms with Crippen molar-refractivity contribution in [3.05, 3.63) is 42.4 Å². The Morgan fingerprint density at radius 2 is 1.88 bits per heavy atom. The number of nitrogens with two attached hydrogens (primary N) is 1. The van der Waals surface area contributed by atoms with E-state index in [0.717, 1.165) is 32.1 Å². The van der Waals surface area contributed by atoms with E-state index >= 15 is 0 Å². The maximum atomic E-state index is 12.0. The maximum Gasteiger partial charge on any atom is 0.230 e. The molecular weight excluding hydrogens is 365 g/mol. The van der Waals surface area contributed by atoms with Crippen LogP contribution in [0.2, 0.25) is 0 Å². The van der Waals surface area contributed by atoms with E-state index in [4.69, 9.17) is 10.5 Å². The van der Waals surface area contributed by atoms with E-state index in [0.29, 0.717) is 17.1 Å². The number of carbonyl (C=O) groups excluding carboxylic acids is 1. The average molecular weight is 386 g/mol. The number of morpholine rings is 1. The number of aromatic nitrogens is 2. The largest absolute Gasteiger partial charge is 0.397 e. The third-order valence-corrected chi connectivity index (χ3v) is 3.56. The van der Waals surface area contributed by atoms with Gasteiger partial charge in [0.2, 0.25) is 5.91 Å². The van der Waals surface area contributed by atoms with Gasteiger partial charge >= 0.3 is 0 Å². The number of amides is 1. The summed E-state index contributed by atoms with van der Waals surface area (Å²) in [6, 6.07) is 7.23. The normalized spacial score (nSPS) is 13.4. The van der Waals surface area contributed by atoms with Gasteiger partial charge in [0.25, 0.3) is 0 Å². The fraction of sp³-hybridized carbons (Fsp3) is 0.312. The van der Waals surface area contributed by atoms with E-state index < -0.39 is 0 Å². The number of ether oxygens (including phenoxy) is 1. The van der Waals surface area contributed by atoms with Crippen LogP contribution in [0.1, 0.15) is 5.69 Å². The molecule has 0 aliphatic carbocycles. The Bertz CT molecular complexity index is 661. The summed E-state index contributed by atoms with van der Waals surface area (Å²) < 4.78 is 5.32. The molecule has 3 heterocycles. The second-order valence-corrected chi connectivity index (χ2v) is 5.31. The van der Waals surface area contributed by atoms with Crippen LogP contribution in [0.25, 0.3) is 0 Å². The van der Waals surface area contributed by atoms with Crippen molar-refractivity contribution in [2.45, 2.75) is 6.42 Å². The molecule has 0 unspecified atom stereocenters. The molecule has 7 nitrogen and oxygen atoms in total. The van der Waals surface area contributed by atoms with Crippen LogP contribution in [0, 0.1) is 0 Å². The zero-order valence-electron chi connectivity index (χ0n) is 13.6. The number of nitrogens with one attached hydrogen (secondary N) is 1. The Kier molecular flexibility index (Phi) is 8.40. The van der Waals surface area contributed by atoms with Gasteiger partial charge in [-0.3, -0.25) is 9.78 Å². The number of carbonyl (C=O) groups is 1. The highest BCUT2D eigenvalue weighted by Crippen LogP contribution is 2.15. The van der Waals surface area contributed by atoms with Crippen LogP contribution in [-0.2, 0) is 16.0 Å². The van der Waals surface area contributed by atoms with Gasteiger partial charge in [-0.2, -0.15) is 0 Å². The van der Waals surface area contributed by atoms with E-state index in [2.05, 4.69) is 20.2 Å². The lowest BCUT2D eigenvalue weighted by Crippen LogP contribution is -2.36. The minimum atomic E-state index is -0.136. The Hall–Kier alpha value is -2.09. The van der Waals surface area contributed by atoms with Gasteiger partial charge in [-0.1, -0.05) is 0 Å². The molecule has 1 fully saturated rings. The van der Waals surface area contributed by atoms with Crippen LogP contribution >= 0.6 is 24.8 Å². The minimum absolute atomic E-state index is 0. The first-order chi connectivity index (χ1) is 11.2. The van der Waals surface area contributed by atoms with Crippen molar-refractivity contribution in [3.63, 3.8) is 0 Å². The molecule has 1 aliphatic rings. The molecular formula is C16H21Cl2N5O2. The van der Waals surface area contributed by atoms with Crippen molar-refractivity contribution in [3.8, 4) is 0 Å². The molecule has 0 aromatic carbocycles. The molecule has 0 bridgehead atoms. The van der Waals surface area contributed by atoms with E-state index in [-0.39, 0.29) is 37.1 Å². The van der Waals surface area contributed by atoms with Gasteiger partial charge in [0.15, 0.2) is 0 Å². The molecule has 0 saturated carbocycles. The molecule has 3 N–H and O–H groups in total. The topological polar surface area (TPSA) is 93.4 Å². The summed E-state index contributed by atoms with van der Waals surface area (Å²) in [7, 11) is 0. The Labute approximate surface area is 158 Å². The molecule has 0 radical (unpaired) electrons. The van der Waals surface area contributed by atoms with Crippen LogP contribution in [0.5, 0.6) is 0 Å². The van der Waals surface area contributed by atoms with E-state index in [9.17, 15) is 4.79 Å². The van der Waals surface area contributed by atoms with Crippen LogP contribution < -0.4 is 16.0 Å². The third kappa shape index (κ3) is 6.04. The summed E-state index contributed by atoms with van der Waals surface area (Å²) in [5, 5.41) is 2.82. The van der Waals surface area contributed by atoms with Gasteiger partial charge in [-0.05, 0) is 24.3 Å². The first-order valence-electron chi connectivity index (χ1n) is 7.50. The SMILES string of the molecule is Cl.Cl.Nc1ccc(CC(=O)Nc2ccc(N3CCOCC3)nc2)nc1. The van der Waals surface area contributed by atoms with Crippen LogP contribution in [0.4, 0.5) is 17.2 Å². The third-order valence-electron chi connectivity index (χ3n) is 3.56. The molecule has 1 saturated heterocycles. The molecule has 3 rings (SSSR count). The summed E-state index contributed by atoms with van der Waals surface area (Å²) in [6.07, 6.45) is 3.41. The standard InChI is InChI=1S/C16H19N5O2.2ClH/c17-12-1-2-13(18-10-12)9-16(22)20-14-3-4-15(19-11-14)21-5-7-23-8-6-21;;/h1-4,10-11H,5-9,17H2,(H,20,22);2*1H. The predicted molar refractivity (Wildman–Crippen MR) is 103 cm³/mol. The van der Waals surface area contributed by atoms with E-state index in [1.807, 2.05) is 12.1 Å². The highest BCUT2D eigenvalue weighted by atomic mass is 35.5. The summed E-state index contributed by atoms with van der Waals surface area (Å²) >= 11 is 0. The van der Waals surface area contributed by atoms with Crippen LogP contribution in [0.15, 0.2) is 36.7 Å². The zero-order chi connectivity index (χ0) is 16.1. The monoisotopic (exact) mass is 385 g/mol. The number of halogens is 2. The molecule has 9 heteroatoms. The van der Waals surface area contributed by atoms with Gasteiger partial charge in [0, 0.05) is 18.8 Å². The van der Waals surface area contributed by atoms with Gasteiger partial charge < -0.3 is 20.7 Å². The number of hydrogen-bond donors (Lipinski definition) is 2. The number of rotatable bonds is 4. The summed E-state index contributed by atoms with van der Waals surface area (Å²) in [5.74, 6) is 0.759. The number of anilines is 3. The highest BCUT2D eigenvalue weighted by Gasteiger charge is 2.12. The lowest BCUT2D eigenvalue weighted by atomic mass is 10.2. The fourth-order valence-corrected chi connectivity index (χ4v) is 2.35.